The predicted molar refractivity (Wildman–Crippen MR) is 103 cm³/mol. The molecule has 1 fully saturated rings. The fourth-order valence-electron chi connectivity index (χ4n) is 3.27. The number of nitrogens with one attached hydrogen (secondary N) is 1. The smallest absolute Gasteiger partial charge is 0.251 e. The van der Waals surface area contributed by atoms with Gasteiger partial charge in [-0.1, -0.05) is 35.3 Å². The Kier molecular flexibility index (Phi) is 6.52. The van der Waals surface area contributed by atoms with E-state index in [0.29, 0.717) is 12.5 Å². The van der Waals surface area contributed by atoms with Crippen molar-refractivity contribution in [3.05, 3.63) is 69.5 Å². The van der Waals surface area contributed by atoms with Gasteiger partial charge in [0.25, 0.3) is 5.91 Å². The van der Waals surface area contributed by atoms with Gasteiger partial charge in [-0.2, -0.15) is 0 Å². The SMILES string of the molecule is O=C(NCC1CCN(Cc2cccc(Cl)c2)CC1)c1cc(F)cc(Cl)c1. The predicted octanol–water partition coefficient (Wildman–Crippen LogP) is 4.77. The summed E-state index contributed by atoms with van der Waals surface area (Å²) >= 11 is 11.8. The lowest BCUT2D eigenvalue weighted by Crippen LogP contribution is -2.38. The molecule has 0 atom stereocenters. The third kappa shape index (κ3) is 5.44. The van der Waals surface area contributed by atoms with Crippen LogP contribution in [0.1, 0.15) is 28.8 Å². The Labute approximate surface area is 163 Å². The van der Waals surface area contributed by atoms with E-state index in [1.807, 2.05) is 18.2 Å². The van der Waals surface area contributed by atoms with Crippen LogP contribution >= 0.6 is 23.2 Å². The molecule has 0 saturated carbocycles. The lowest BCUT2D eigenvalue weighted by atomic mass is 9.96. The molecule has 1 amide bonds. The molecule has 1 aliphatic rings. The molecule has 6 heteroatoms. The van der Waals surface area contributed by atoms with E-state index >= 15 is 0 Å². The normalized spacial score (nSPS) is 15.8. The lowest BCUT2D eigenvalue weighted by Gasteiger charge is -2.32. The Morgan fingerprint density at radius 3 is 2.58 bits per heavy atom. The van der Waals surface area contributed by atoms with Crippen molar-refractivity contribution in [3.8, 4) is 0 Å². The van der Waals surface area contributed by atoms with Crippen molar-refractivity contribution in [2.75, 3.05) is 19.6 Å². The van der Waals surface area contributed by atoms with E-state index in [-0.39, 0.29) is 16.5 Å². The van der Waals surface area contributed by atoms with E-state index in [1.165, 1.54) is 23.8 Å². The van der Waals surface area contributed by atoms with Gasteiger partial charge in [0.05, 0.1) is 0 Å². The average Bonchev–Trinajstić information content (AvgIpc) is 2.60. The first-order valence-corrected chi connectivity index (χ1v) is 9.46. The van der Waals surface area contributed by atoms with Crippen LogP contribution < -0.4 is 5.32 Å². The Hall–Kier alpha value is -1.62. The highest BCUT2D eigenvalue weighted by atomic mass is 35.5. The van der Waals surface area contributed by atoms with Crippen LogP contribution in [0.15, 0.2) is 42.5 Å². The highest BCUT2D eigenvalue weighted by Crippen LogP contribution is 2.20. The fraction of sp³-hybridized carbons (Fsp3) is 0.350. The highest BCUT2D eigenvalue weighted by Gasteiger charge is 2.20. The number of benzene rings is 2. The molecule has 2 aromatic rings. The molecule has 3 rings (SSSR count). The largest absolute Gasteiger partial charge is 0.352 e. The molecule has 138 valence electrons. The molecule has 1 heterocycles. The van der Waals surface area contributed by atoms with E-state index in [0.717, 1.165) is 37.5 Å². The van der Waals surface area contributed by atoms with Crippen molar-refractivity contribution in [1.29, 1.82) is 0 Å². The highest BCUT2D eigenvalue weighted by molar-refractivity contribution is 6.31. The Bertz CT molecular complexity index is 756. The summed E-state index contributed by atoms with van der Waals surface area (Å²) < 4.78 is 13.4. The minimum atomic E-state index is -0.503. The second-order valence-corrected chi connectivity index (χ2v) is 7.59. The van der Waals surface area contributed by atoms with Crippen LogP contribution in [0.5, 0.6) is 0 Å². The van der Waals surface area contributed by atoms with Gasteiger partial charge in [0, 0.05) is 28.7 Å². The maximum Gasteiger partial charge on any atom is 0.251 e. The van der Waals surface area contributed by atoms with E-state index in [4.69, 9.17) is 23.2 Å². The summed E-state index contributed by atoms with van der Waals surface area (Å²) in [7, 11) is 0. The second-order valence-electron chi connectivity index (χ2n) is 6.72. The molecule has 1 saturated heterocycles. The molecule has 2 aromatic carbocycles. The van der Waals surface area contributed by atoms with Gasteiger partial charge < -0.3 is 5.32 Å². The first-order valence-electron chi connectivity index (χ1n) is 8.71. The number of carbonyl (C=O) groups excluding carboxylic acids is 1. The zero-order chi connectivity index (χ0) is 18.5. The van der Waals surface area contributed by atoms with Gasteiger partial charge in [0.15, 0.2) is 0 Å². The molecule has 26 heavy (non-hydrogen) atoms. The number of nitrogens with zero attached hydrogens (tertiary/aromatic N) is 1. The van der Waals surface area contributed by atoms with Crippen molar-refractivity contribution in [2.24, 2.45) is 5.92 Å². The first-order chi connectivity index (χ1) is 12.5. The third-order valence-electron chi connectivity index (χ3n) is 4.68. The average molecular weight is 395 g/mol. The van der Waals surface area contributed by atoms with Gasteiger partial charge in [-0.05, 0) is 67.7 Å². The van der Waals surface area contributed by atoms with Gasteiger partial charge in [-0.15, -0.1) is 0 Å². The molecule has 0 unspecified atom stereocenters. The molecular formula is C20H21Cl2FN2O. The molecule has 1 aliphatic heterocycles. The molecule has 0 spiro atoms. The van der Waals surface area contributed by atoms with E-state index < -0.39 is 5.82 Å². The molecule has 0 radical (unpaired) electrons. The van der Waals surface area contributed by atoms with Crippen molar-refractivity contribution in [1.82, 2.24) is 10.2 Å². The van der Waals surface area contributed by atoms with Crippen molar-refractivity contribution < 1.29 is 9.18 Å². The molecular weight excluding hydrogens is 374 g/mol. The summed E-state index contributed by atoms with van der Waals surface area (Å²) in [5, 5.41) is 3.88. The van der Waals surface area contributed by atoms with Crippen LogP contribution in [0.25, 0.3) is 0 Å². The third-order valence-corrected chi connectivity index (χ3v) is 5.13. The van der Waals surface area contributed by atoms with Gasteiger partial charge >= 0.3 is 0 Å². The number of amides is 1. The summed E-state index contributed by atoms with van der Waals surface area (Å²) in [5.74, 6) is -0.358. The van der Waals surface area contributed by atoms with Gasteiger partial charge in [0.1, 0.15) is 5.82 Å². The summed E-state index contributed by atoms with van der Waals surface area (Å²) in [6.45, 7) is 3.46. The standard InChI is InChI=1S/C20H21Cl2FN2O/c21-17-3-1-2-15(8-17)13-25-6-4-14(5-7-25)12-24-20(26)16-9-18(22)11-19(23)10-16/h1-3,8-11,14H,4-7,12-13H2,(H,24,26). The van der Waals surface area contributed by atoms with Crippen LogP contribution in [-0.4, -0.2) is 30.4 Å². The number of rotatable bonds is 5. The van der Waals surface area contributed by atoms with E-state index in [2.05, 4.69) is 16.3 Å². The van der Waals surface area contributed by atoms with Crippen LogP contribution in [0, 0.1) is 11.7 Å². The van der Waals surface area contributed by atoms with E-state index in [9.17, 15) is 9.18 Å². The van der Waals surface area contributed by atoms with Crippen LogP contribution in [-0.2, 0) is 6.54 Å². The molecule has 0 bridgehead atoms. The molecule has 1 N–H and O–H groups in total. The number of piperidine rings is 1. The maximum atomic E-state index is 13.4. The number of likely N-dealkylation sites (tertiary alicyclic amines) is 1. The number of carbonyl (C=O) groups is 1. The second kappa shape index (κ2) is 8.85. The number of hydrogen-bond donors (Lipinski definition) is 1. The quantitative estimate of drug-likeness (QED) is 0.791. The maximum absolute atomic E-state index is 13.4. The fourth-order valence-corrected chi connectivity index (χ4v) is 3.70. The minimum absolute atomic E-state index is 0.226. The molecule has 0 aromatic heterocycles. The van der Waals surface area contributed by atoms with Gasteiger partial charge in [-0.25, -0.2) is 4.39 Å². The monoisotopic (exact) mass is 394 g/mol. The van der Waals surface area contributed by atoms with Crippen LogP contribution in [0.4, 0.5) is 4.39 Å². The number of halogens is 3. The summed E-state index contributed by atoms with van der Waals surface area (Å²) in [4.78, 5) is 14.6. The zero-order valence-corrected chi connectivity index (χ0v) is 15.9. The first kappa shape index (κ1) is 19.2. The number of hydrogen-bond acceptors (Lipinski definition) is 2. The molecule has 3 nitrogen and oxygen atoms in total. The van der Waals surface area contributed by atoms with Crippen LogP contribution in [0.3, 0.4) is 0 Å². The van der Waals surface area contributed by atoms with Gasteiger partial charge in [-0.3, -0.25) is 9.69 Å². The van der Waals surface area contributed by atoms with Crippen molar-refractivity contribution in [2.45, 2.75) is 19.4 Å². The minimum Gasteiger partial charge on any atom is -0.352 e. The van der Waals surface area contributed by atoms with E-state index in [1.54, 1.807) is 0 Å². The summed E-state index contributed by atoms with van der Waals surface area (Å²) in [5.41, 5.74) is 1.47. The van der Waals surface area contributed by atoms with Crippen molar-refractivity contribution in [3.63, 3.8) is 0 Å². The Morgan fingerprint density at radius 1 is 1.12 bits per heavy atom. The van der Waals surface area contributed by atoms with Gasteiger partial charge in [0.2, 0.25) is 0 Å². The topological polar surface area (TPSA) is 32.3 Å². The Morgan fingerprint density at radius 2 is 1.88 bits per heavy atom. The zero-order valence-electron chi connectivity index (χ0n) is 14.4. The lowest BCUT2D eigenvalue weighted by molar-refractivity contribution is 0.0935. The summed E-state index contributed by atoms with van der Waals surface area (Å²) in [6, 6.07) is 11.8. The molecule has 0 aliphatic carbocycles. The van der Waals surface area contributed by atoms with Crippen LogP contribution in [0.2, 0.25) is 10.0 Å². The summed E-state index contributed by atoms with van der Waals surface area (Å²) in [6.07, 6.45) is 2.04. The van der Waals surface area contributed by atoms with Crippen molar-refractivity contribution >= 4 is 29.1 Å². The Balaban J connectivity index is 1.44.